The molecule has 1 fully saturated rings. The second-order valence-electron chi connectivity index (χ2n) is 7.26. The zero-order valence-electron chi connectivity index (χ0n) is 15.7. The first-order valence-corrected chi connectivity index (χ1v) is 9.31. The van der Waals surface area contributed by atoms with Gasteiger partial charge < -0.3 is 14.0 Å². The summed E-state index contributed by atoms with van der Waals surface area (Å²) in [4.78, 5) is 27.7. The lowest BCUT2D eigenvalue weighted by Gasteiger charge is -2.33. The first-order valence-electron chi connectivity index (χ1n) is 9.31. The molecule has 0 aliphatic carbocycles. The molecule has 0 bridgehead atoms. The maximum atomic E-state index is 12.7. The molecule has 4 rings (SSSR count). The first kappa shape index (κ1) is 17.5. The number of nitrogens with zero attached hydrogens (tertiary/aromatic N) is 6. The highest BCUT2D eigenvalue weighted by atomic mass is 16.2. The highest BCUT2D eigenvalue weighted by molar-refractivity contribution is 5.92. The van der Waals surface area contributed by atoms with Crippen molar-refractivity contribution in [3.8, 4) is 11.4 Å². The largest absolute Gasteiger partial charge is 0.340 e. The van der Waals surface area contributed by atoms with Gasteiger partial charge in [-0.3, -0.25) is 9.78 Å². The summed E-state index contributed by atoms with van der Waals surface area (Å²) in [6.07, 6.45) is 11.1. The van der Waals surface area contributed by atoms with Crippen molar-refractivity contribution in [3.05, 3.63) is 54.6 Å². The van der Waals surface area contributed by atoms with Gasteiger partial charge in [-0.25, -0.2) is 9.97 Å². The molecule has 7 heteroatoms. The minimum atomic E-state index is 0.0233. The van der Waals surface area contributed by atoms with Crippen LogP contribution in [0.2, 0.25) is 0 Å². The van der Waals surface area contributed by atoms with E-state index in [4.69, 9.17) is 0 Å². The highest BCUT2D eigenvalue weighted by Gasteiger charge is 2.26. The number of hydrogen-bond donors (Lipinski definition) is 0. The lowest BCUT2D eigenvalue weighted by molar-refractivity contribution is 0.0657. The zero-order chi connectivity index (χ0) is 18.8. The Morgan fingerprint density at radius 1 is 1.30 bits per heavy atom. The van der Waals surface area contributed by atoms with E-state index in [0.29, 0.717) is 11.6 Å². The van der Waals surface area contributed by atoms with Gasteiger partial charge in [-0.15, -0.1) is 0 Å². The predicted octanol–water partition coefficient (Wildman–Crippen LogP) is 2.54. The molecule has 1 saturated heterocycles. The molecule has 27 heavy (non-hydrogen) atoms. The lowest BCUT2D eigenvalue weighted by Crippen LogP contribution is -2.41. The number of amides is 1. The van der Waals surface area contributed by atoms with E-state index in [1.165, 1.54) is 0 Å². The summed E-state index contributed by atoms with van der Waals surface area (Å²) in [5.41, 5.74) is 2.66. The normalized spacial score (nSPS) is 17.3. The van der Waals surface area contributed by atoms with E-state index >= 15 is 0 Å². The monoisotopic (exact) mass is 364 g/mol. The van der Waals surface area contributed by atoms with Crippen molar-refractivity contribution in [3.63, 3.8) is 0 Å². The molecule has 4 heterocycles. The van der Waals surface area contributed by atoms with Crippen LogP contribution < -0.4 is 0 Å². The summed E-state index contributed by atoms with van der Waals surface area (Å²) in [6, 6.07) is 3.96. The third-order valence-corrected chi connectivity index (χ3v) is 5.15. The van der Waals surface area contributed by atoms with Gasteiger partial charge in [0.2, 0.25) is 0 Å². The molecule has 7 nitrogen and oxygen atoms in total. The van der Waals surface area contributed by atoms with Crippen LogP contribution in [-0.4, -0.2) is 48.0 Å². The third kappa shape index (κ3) is 3.63. The molecule has 1 aliphatic rings. The molecule has 0 N–H and O–H groups in total. The van der Waals surface area contributed by atoms with E-state index in [9.17, 15) is 4.79 Å². The number of aryl methyl sites for hydroxylation is 2. The quantitative estimate of drug-likeness (QED) is 0.713. The number of pyridine rings is 1. The molecule has 1 unspecified atom stereocenters. The second-order valence-corrected chi connectivity index (χ2v) is 7.26. The summed E-state index contributed by atoms with van der Waals surface area (Å²) in [5, 5.41) is 0. The van der Waals surface area contributed by atoms with Crippen LogP contribution in [0.25, 0.3) is 11.4 Å². The number of piperidine rings is 1. The van der Waals surface area contributed by atoms with E-state index in [0.717, 1.165) is 49.6 Å². The van der Waals surface area contributed by atoms with Gasteiger partial charge >= 0.3 is 0 Å². The van der Waals surface area contributed by atoms with Crippen molar-refractivity contribution >= 4 is 5.91 Å². The molecule has 0 radical (unpaired) electrons. The van der Waals surface area contributed by atoms with E-state index in [2.05, 4.69) is 26.4 Å². The standard InChI is InChI=1S/C20H24N6O/c1-15-9-22-19(17-6-3-7-21-10-17)26(15)12-16-5-4-8-25(11-16)20(27)18-13-24(2)14-23-18/h3,6-7,9-10,13-14,16H,4-5,8,11-12H2,1-2H3. The van der Waals surface area contributed by atoms with Gasteiger partial charge in [-0.1, -0.05) is 0 Å². The molecular weight excluding hydrogens is 340 g/mol. The van der Waals surface area contributed by atoms with Crippen LogP contribution in [0.5, 0.6) is 0 Å². The van der Waals surface area contributed by atoms with Crippen molar-refractivity contribution in [2.24, 2.45) is 13.0 Å². The Balaban J connectivity index is 1.50. The second kappa shape index (κ2) is 7.34. The van der Waals surface area contributed by atoms with E-state index in [1.807, 2.05) is 41.0 Å². The number of likely N-dealkylation sites (tertiary alicyclic amines) is 1. The van der Waals surface area contributed by atoms with E-state index in [1.54, 1.807) is 18.7 Å². The maximum Gasteiger partial charge on any atom is 0.274 e. The summed E-state index contributed by atoms with van der Waals surface area (Å²) >= 11 is 0. The molecule has 3 aromatic rings. The molecule has 1 amide bonds. The van der Waals surface area contributed by atoms with Crippen molar-refractivity contribution in [2.75, 3.05) is 13.1 Å². The fourth-order valence-corrected chi connectivity index (χ4v) is 3.76. The molecule has 0 aromatic carbocycles. The highest BCUT2D eigenvalue weighted by Crippen LogP contribution is 2.24. The molecule has 140 valence electrons. The Hall–Kier alpha value is -2.96. The van der Waals surface area contributed by atoms with Gasteiger partial charge in [0.25, 0.3) is 5.91 Å². The molecule has 0 saturated carbocycles. The minimum Gasteiger partial charge on any atom is -0.340 e. The van der Waals surface area contributed by atoms with E-state index in [-0.39, 0.29) is 5.91 Å². The molecule has 1 atom stereocenters. The van der Waals surface area contributed by atoms with Gasteiger partial charge in [0.1, 0.15) is 11.5 Å². The number of carbonyl (C=O) groups excluding carboxylic acids is 1. The maximum absolute atomic E-state index is 12.7. The molecular formula is C20H24N6O. The average molecular weight is 364 g/mol. The zero-order valence-corrected chi connectivity index (χ0v) is 15.7. The smallest absolute Gasteiger partial charge is 0.274 e. The van der Waals surface area contributed by atoms with Gasteiger partial charge in [-0.05, 0) is 37.8 Å². The summed E-state index contributed by atoms with van der Waals surface area (Å²) in [6.45, 7) is 4.47. The Labute approximate surface area is 158 Å². The van der Waals surface area contributed by atoms with Crippen LogP contribution in [0.3, 0.4) is 0 Å². The Morgan fingerprint density at radius 3 is 2.93 bits per heavy atom. The summed E-state index contributed by atoms with van der Waals surface area (Å²) in [7, 11) is 1.88. The van der Waals surface area contributed by atoms with Gasteiger partial charge in [0, 0.05) is 62.7 Å². The fraction of sp³-hybridized carbons (Fsp3) is 0.400. The number of rotatable bonds is 4. The van der Waals surface area contributed by atoms with Crippen LogP contribution in [-0.2, 0) is 13.6 Å². The van der Waals surface area contributed by atoms with Crippen LogP contribution in [0.1, 0.15) is 29.0 Å². The Kier molecular flexibility index (Phi) is 4.75. The topological polar surface area (TPSA) is 68.8 Å². The average Bonchev–Trinajstić information content (AvgIpc) is 3.28. The Morgan fingerprint density at radius 2 is 2.19 bits per heavy atom. The van der Waals surface area contributed by atoms with Crippen molar-refractivity contribution in [1.29, 1.82) is 0 Å². The van der Waals surface area contributed by atoms with Gasteiger partial charge in [0.15, 0.2) is 0 Å². The van der Waals surface area contributed by atoms with Crippen molar-refractivity contribution in [2.45, 2.75) is 26.3 Å². The van der Waals surface area contributed by atoms with Gasteiger partial charge in [-0.2, -0.15) is 0 Å². The lowest BCUT2D eigenvalue weighted by atomic mass is 9.97. The molecule has 0 spiro atoms. The van der Waals surface area contributed by atoms with E-state index < -0.39 is 0 Å². The van der Waals surface area contributed by atoms with Crippen LogP contribution in [0.15, 0.2) is 43.2 Å². The van der Waals surface area contributed by atoms with Crippen molar-refractivity contribution in [1.82, 2.24) is 29.0 Å². The van der Waals surface area contributed by atoms with Gasteiger partial charge in [0.05, 0.1) is 6.33 Å². The number of carbonyl (C=O) groups is 1. The molecule has 1 aliphatic heterocycles. The van der Waals surface area contributed by atoms with Crippen LogP contribution in [0, 0.1) is 12.8 Å². The minimum absolute atomic E-state index is 0.0233. The number of hydrogen-bond acceptors (Lipinski definition) is 4. The number of imidazole rings is 2. The first-order chi connectivity index (χ1) is 13.1. The van der Waals surface area contributed by atoms with Crippen molar-refractivity contribution < 1.29 is 4.79 Å². The Bertz CT molecular complexity index is 929. The fourth-order valence-electron chi connectivity index (χ4n) is 3.76. The molecule has 3 aromatic heterocycles. The number of aromatic nitrogens is 5. The summed E-state index contributed by atoms with van der Waals surface area (Å²) in [5.74, 6) is 1.36. The predicted molar refractivity (Wildman–Crippen MR) is 102 cm³/mol. The van der Waals surface area contributed by atoms with Crippen LogP contribution in [0.4, 0.5) is 0 Å². The van der Waals surface area contributed by atoms with Crippen LogP contribution >= 0.6 is 0 Å². The third-order valence-electron chi connectivity index (χ3n) is 5.15. The SMILES string of the molecule is Cc1cnc(-c2cccnc2)n1CC1CCCN(C(=O)c2cn(C)cn2)C1. The summed E-state index contributed by atoms with van der Waals surface area (Å²) < 4.78 is 4.06.